The molecule has 0 atom stereocenters. The van der Waals surface area contributed by atoms with Gasteiger partial charge in [-0.1, -0.05) is 139 Å². The normalized spacial score (nSPS) is 13.2. The number of hydrogen-bond donors (Lipinski definition) is 0. The number of rotatable bonds is 4. The van der Waals surface area contributed by atoms with E-state index in [1.807, 2.05) is 6.20 Å². The van der Waals surface area contributed by atoms with Crippen LogP contribution >= 0.6 is 0 Å². The largest absolute Gasteiger partial charge is 0.309 e. The van der Waals surface area contributed by atoms with Crippen molar-refractivity contribution in [2.24, 2.45) is 0 Å². The molecule has 3 heterocycles. The maximum absolute atomic E-state index is 4.89. The van der Waals surface area contributed by atoms with Crippen LogP contribution in [0.2, 0.25) is 0 Å². The van der Waals surface area contributed by atoms with Crippen molar-refractivity contribution in [3.05, 3.63) is 203 Å². The molecule has 1 aliphatic rings. The summed E-state index contributed by atoms with van der Waals surface area (Å²) in [5.41, 5.74) is 15.3. The Balaban J connectivity index is 1.34. The van der Waals surface area contributed by atoms with Crippen molar-refractivity contribution in [3.63, 3.8) is 0 Å². The van der Waals surface area contributed by atoms with Gasteiger partial charge in [-0.15, -0.1) is 0 Å². The zero-order chi connectivity index (χ0) is 33.4. The highest BCUT2D eigenvalue weighted by molar-refractivity contribution is 6.13. The third kappa shape index (κ3) is 4.06. The molecule has 236 valence electrons. The Labute approximate surface area is 291 Å². The van der Waals surface area contributed by atoms with Crippen LogP contribution in [0.15, 0.2) is 170 Å². The van der Waals surface area contributed by atoms with Crippen molar-refractivity contribution in [1.29, 1.82) is 0 Å². The minimum Gasteiger partial charge on any atom is -0.309 e. The van der Waals surface area contributed by atoms with Crippen molar-refractivity contribution in [3.8, 4) is 28.1 Å². The summed E-state index contributed by atoms with van der Waals surface area (Å²) in [6.07, 6.45) is 1.92. The molecule has 0 N–H and O–H groups in total. The summed E-state index contributed by atoms with van der Waals surface area (Å²) in [5.74, 6) is 0. The van der Waals surface area contributed by atoms with Gasteiger partial charge >= 0.3 is 0 Å². The van der Waals surface area contributed by atoms with E-state index in [-0.39, 0.29) is 0 Å². The van der Waals surface area contributed by atoms with Crippen LogP contribution in [0.1, 0.15) is 33.4 Å². The minimum absolute atomic E-state index is 0.550. The molecule has 0 fully saturated rings. The second-order valence-corrected chi connectivity index (χ2v) is 13.7. The number of benzene rings is 7. The van der Waals surface area contributed by atoms with E-state index in [4.69, 9.17) is 4.98 Å². The Morgan fingerprint density at radius 2 is 1.14 bits per heavy atom. The number of aryl methyl sites for hydroxylation is 2. The first kappa shape index (κ1) is 28.7. The molecule has 2 nitrogen and oxygen atoms in total. The predicted octanol–water partition coefficient (Wildman–Crippen LogP) is 12.0. The lowest BCUT2D eigenvalue weighted by Crippen LogP contribution is -2.35. The number of nitrogens with zero attached hydrogens (tertiary/aromatic N) is 2. The van der Waals surface area contributed by atoms with Crippen LogP contribution in [-0.2, 0) is 5.41 Å². The number of aromatic nitrogens is 2. The third-order valence-electron chi connectivity index (χ3n) is 10.8. The molecular weight excluding hydrogens is 605 g/mol. The van der Waals surface area contributed by atoms with Crippen molar-refractivity contribution in [2.75, 3.05) is 0 Å². The smallest absolute Gasteiger partial charge is 0.0780 e. The van der Waals surface area contributed by atoms with Gasteiger partial charge in [0, 0.05) is 27.9 Å². The number of hydrogen-bond acceptors (Lipinski definition) is 1. The molecule has 9 aromatic rings. The van der Waals surface area contributed by atoms with Gasteiger partial charge < -0.3 is 4.57 Å². The fraction of sp³-hybridized carbons (Fsp3) is 0.0625. The topological polar surface area (TPSA) is 17.8 Å². The number of pyridine rings is 1. The molecule has 0 aliphatic carbocycles. The molecule has 10 rings (SSSR count). The Morgan fingerprint density at radius 1 is 0.480 bits per heavy atom. The molecule has 0 radical (unpaired) electrons. The van der Waals surface area contributed by atoms with Crippen molar-refractivity contribution >= 4 is 32.6 Å². The van der Waals surface area contributed by atoms with E-state index in [1.54, 1.807) is 0 Å². The molecule has 0 spiro atoms. The Kier molecular flexibility index (Phi) is 6.25. The molecule has 0 amide bonds. The zero-order valence-electron chi connectivity index (χ0n) is 28.1. The third-order valence-corrected chi connectivity index (χ3v) is 10.8. The van der Waals surface area contributed by atoms with E-state index >= 15 is 0 Å². The van der Waals surface area contributed by atoms with Crippen LogP contribution < -0.4 is 0 Å². The molecule has 7 aromatic carbocycles. The molecule has 2 aromatic heterocycles. The number of fused-ring (bicyclic) bond motifs is 6. The SMILES string of the molecule is Cc1ccc(C2(c3ccc(C)cc3)c3ccccc3-n3c4ccccc4c4cc(-c5cccc(-c6nccc7ccccc67)c5)cc2c43)cc1. The summed E-state index contributed by atoms with van der Waals surface area (Å²) < 4.78 is 2.51. The van der Waals surface area contributed by atoms with Gasteiger partial charge in [0.15, 0.2) is 0 Å². The van der Waals surface area contributed by atoms with Gasteiger partial charge in [-0.2, -0.15) is 0 Å². The van der Waals surface area contributed by atoms with Crippen LogP contribution in [0.3, 0.4) is 0 Å². The molecule has 2 heteroatoms. The lowest BCUT2D eigenvalue weighted by atomic mass is 9.62. The Hall–Kier alpha value is -6.25. The van der Waals surface area contributed by atoms with Gasteiger partial charge in [-0.3, -0.25) is 4.98 Å². The highest BCUT2D eigenvalue weighted by Crippen LogP contribution is 2.55. The quantitative estimate of drug-likeness (QED) is 0.188. The average Bonchev–Trinajstić information content (AvgIpc) is 3.51. The minimum atomic E-state index is -0.550. The fourth-order valence-electron chi connectivity index (χ4n) is 8.52. The van der Waals surface area contributed by atoms with Crippen LogP contribution in [0.4, 0.5) is 0 Å². The summed E-state index contributed by atoms with van der Waals surface area (Å²) in [4.78, 5) is 4.89. The van der Waals surface area contributed by atoms with Gasteiger partial charge in [0.25, 0.3) is 0 Å². The monoisotopic (exact) mass is 638 g/mol. The fourth-order valence-corrected chi connectivity index (χ4v) is 8.52. The van der Waals surface area contributed by atoms with E-state index < -0.39 is 5.41 Å². The molecule has 0 bridgehead atoms. The Bertz CT molecular complexity index is 2710. The van der Waals surface area contributed by atoms with Gasteiger partial charge in [-0.05, 0) is 89.0 Å². The van der Waals surface area contributed by atoms with Crippen LogP contribution in [0.25, 0.3) is 60.6 Å². The average molecular weight is 639 g/mol. The molecule has 0 unspecified atom stereocenters. The van der Waals surface area contributed by atoms with Crippen molar-refractivity contribution < 1.29 is 0 Å². The summed E-state index contributed by atoms with van der Waals surface area (Å²) in [5, 5.41) is 4.88. The van der Waals surface area contributed by atoms with E-state index in [0.29, 0.717) is 0 Å². The highest BCUT2D eigenvalue weighted by atomic mass is 15.0. The van der Waals surface area contributed by atoms with E-state index in [9.17, 15) is 0 Å². The van der Waals surface area contributed by atoms with E-state index in [1.165, 1.54) is 77.4 Å². The summed E-state index contributed by atoms with van der Waals surface area (Å²) >= 11 is 0. The zero-order valence-corrected chi connectivity index (χ0v) is 28.1. The summed E-state index contributed by atoms with van der Waals surface area (Å²) in [6.45, 7) is 4.34. The van der Waals surface area contributed by atoms with Gasteiger partial charge in [0.2, 0.25) is 0 Å². The van der Waals surface area contributed by atoms with E-state index in [2.05, 4.69) is 182 Å². The maximum atomic E-state index is 4.89. The van der Waals surface area contributed by atoms with Gasteiger partial charge in [0.05, 0.1) is 27.8 Å². The van der Waals surface area contributed by atoms with Crippen molar-refractivity contribution in [1.82, 2.24) is 9.55 Å². The first-order valence-corrected chi connectivity index (χ1v) is 17.4. The first-order valence-electron chi connectivity index (χ1n) is 17.4. The van der Waals surface area contributed by atoms with Crippen LogP contribution in [0, 0.1) is 13.8 Å². The van der Waals surface area contributed by atoms with Crippen molar-refractivity contribution in [2.45, 2.75) is 19.3 Å². The molecule has 0 saturated heterocycles. The predicted molar refractivity (Wildman–Crippen MR) is 208 cm³/mol. The number of para-hydroxylation sites is 2. The first-order chi connectivity index (χ1) is 24.6. The summed E-state index contributed by atoms with van der Waals surface area (Å²) in [6, 6.07) is 60.8. The lowest BCUT2D eigenvalue weighted by Gasteiger charge is -2.42. The second-order valence-electron chi connectivity index (χ2n) is 13.7. The van der Waals surface area contributed by atoms with Gasteiger partial charge in [0.1, 0.15) is 0 Å². The van der Waals surface area contributed by atoms with E-state index in [0.717, 1.165) is 16.6 Å². The molecule has 0 saturated carbocycles. The molecule has 1 aliphatic heterocycles. The second kappa shape index (κ2) is 10.9. The lowest BCUT2D eigenvalue weighted by molar-refractivity contribution is 0.727. The molecular formula is C48H34N2. The maximum Gasteiger partial charge on any atom is 0.0780 e. The van der Waals surface area contributed by atoms with Crippen LogP contribution in [-0.4, -0.2) is 9.55 Å². The standard InChI is InChI=1S/C48H34N2/c1-31-18-22-37(23-19-31)48(38-24-20-32(2)21-25-38)42-15-6-8-17-45(42)50-44-16-7-5-14-40(44)41-29-36(30-43(48)47(41)50)34-11-9-12-35(28-34)46-39-13-4-3-10-33(39)26-27-49-46/h3-30H,1-2H3. The highest BCUT2D eigenvalue weighted by Gasteiger charge is 2.45. The molecule has 50 heavy (non-hydrogen) atoms. The Morgan fingerprint density at radius 3 is 1.92 bits per heavy atom. The van der Waals surface area contributed by atoms with Crippen LogP contribution in [0.5, 0.6) is 0 Å². The van der Waals surface area contributed by atoms with Gasteiger partial charge in [-0.25, -0.2) is 0 Å². The summed E-state index contributed by atoms with van der Waals surface area (Å²) in [7, 11) is 0.